The van der Waals surface area contributed by atoms with Gasteiger partial charge in [-0.25, -0.2) is 0 Å². The molecule has 7 heteroatoms. The summed E-state index contributed by atoms with van der Waals surface area (Å²) in [5.74, 6) is 0.470. The number of carbonyl (C=O) groups excluding carboxylic acids is 1. The molecule has 1 N–H and O–H groups in total. The first-order chi connectivity index (χ1) is 11.6. The quantitative estimate of drug-likeness (QED) is 0.612. The van der Waals surface area contributed by atoms with Crippen LogP contribution >= 0.6 is 0 Å². The second kappa shape index (κ2) is 7.87. The van der Waals surface area contributed by atoms with Crippen molar-refractivity contribution in [2.75, 3.05) is 26.8 Å². The molecule has 0 spiro atoms. The van der Waals surface area contributed by atoms with Crippen molar-refractivity contribution in [1.29, 1.82) is 0 Å². The van der Waals surface area contributed by atoms with Crippen LogP contribution in [0, 0.1) is 0 Å². The summed E-state index contributed by atoms with van der Waals surface area (Å²) in [5.41, 5.74) is 4.17. The molecular weight excluding hydrogens is 312 g/mol. The van der Waals surface area contributed by atoms with E-state index in [1.54, 1.807) is 37.6 Å². The molecule has 0 saturated carbocycles. The van der Waals surface area contributed by atoms with Crippen molar-refractivity contribution in [1.82, 2.24) is 0 Å². The molecule has 0 saturated heterocycles. The van der Waals surface area contributed by atoms with E-state index in [4.69, 9.17) is 14.2 Å². The van der Waals surface area contributed by atoms with Gasteiger partial charge < -0.3 is 24.1 Å². The lowest BCUT2D eigenvalue weighted by Crippen LogP contribution is -2.21. The molecule has 0 atom stereocenters. The molecular formula is C17H17N2O5-. The van der Waals surface area contributed by atoms with Crippen LogP contribution in [0.25, 0.3) is 0 Å². The summed E-state index contributed by atoms with van der Waals surface area (Å²) >= 11 is 0. The van der Waals surface area contributed by atoms with E-state index in [1.807, 2.05) is 0 Å². The van der Waals surface area contributed by atoms with Gasteiger partial charge in [0.15, 0.2) is 0 Å². The van der Waals surface area contributed by atoms with Crippen LogP contribution in [-0.4, -0.2) is 33.5 Å². The van der Waals surface area contributed by atoms with Gasteiger partial charge in [0.25, 0.3) is 0 Å². The molecule has 2 aromatic carbocycles. The number of carbonyl (C=O) groups is 1. The molecule has 0 bridgehead atoms. The number of rotatable bonds is 7. The fourth-order valence-corrected chi connectivity index (χ4v) is 2.01. The third-order valence-corrected chi connectivity index (χ3v) is 3.26. The Balaban J connectivity index is 2.20. The van der Waals surface area contributed by atoms with Gasteiger partial charge in [-0.3, -0.25) is 5.43 Å². The van der Waals surface area contributed by atoms with E-state index in [-0.39, 0.29) is 5.56 Å². The number of hydrazone groups is 1. The molecule has 0 radical (unpaired) electrons. The van der Waals surface area contributed by atoms with Gasteiger partial charge in [-0.15, -0.1) is 0 Å². The minimum Gasteiger partial charge on any atom is -0.545 e. The van der Waals surface area contributed by atoms with Crippen molar-refractivity contribution in [2.24, 2.45) is 5.10 Å². The monoisotopic (exact) mass is 329 g/mol. The van der Waals surface area contributed by atoms with Gasteiger partial charge in [0, 0.05) is 12.1 Å². The normalized spacial score (nSPS) is 10.5. The van der Waals surface area contributed by atoms with Gasteiger partial charge in [-0.1, -0.05) is 12.1 Å². The van der Waals surface area contributed by atoms with Gasteiger partial charge in [-0.2, -0.15) is 5.10 Å². The van der Waals surface area contributed by atoms with Gasteiger partial charge in [0.1, 0.15) is 17.2 Å². The summed E-state index contributed by atoms with van der Waals surface area (Å²) in [6.45, 7) is 0. The Labute approximate surface area is 139 Å². The van der Waals surface area contributed by atoms with Crippen molar-refractivity contribution >= 4 is 17.9 Å². The zero-order valence-corrected chi connectivity index (χ0v) is 13.5. The highest BCUT2D eigenvalue weighted by molar-refractivity contribution is 5.89. The van der Waals surface area contributed by atoms with Crippen molar-refractivity contribution < 1.29 is 24.1 Å². The Bertz CT molecular complexity index is 716. The maximum Gasteiger partial charge on any atom is 0.135 e. The fourth-order valence-electron chi connectivity index (χ4n) is 2.01. The number of hydrogen-bond donors (Lipinski definition) is 1. The number of aromatic carboxylic acids is 1. The highest BCUT2D eigenvalue weighted by atomic mass is 16.5. The average molecular weight is 329 g/mol. The number of nitrogens with zero attached hydrogens (tertiary/aromatic N) is 1. The summed E-state index contributed by atoms with van der Waals surface area (Å²) in [4.78, 5) is 10.7. The molecule has 0 aliphatic carbocycles. The van der Waals surface area contributed by atoms with E-state index < -0.39 is 5.97 Å². The number of ether oxygens (including phenoxy) is 3. The molecule has 2 rings (SSSR count). The van der Waals surface area contributed by atoms with Crippen LogP contribution in [0.1, 0.15) is 15.9 Å². The number of carboxylic acid groups (broad SMARTS) is 1. The van der Waals surface area contributed by atoms with E-state index in [2.05, 4.69) is 10.5 Å². The lowest BCUT2D eigenvalue weighted by atomic mass is 10.2. The average Bonchev–Trinajstić information content (AvgIpc) is 2.61. The predicted molar refractivity (Wildman–Crippen MR) is 88.1 cm³/mol. The van der Waals surface area contributed by atoms with E-state index in [1.165, 1.54) is 26.4 Å². The zero-order chi connectivity index (χ0) is 17.5. The van der Waals surface area contributed by atoms with E-state index >= 15 is 0 Å². The van der Waals surface area contributed by atoms with Gasteiger partial charge in [0.2, 0.25) is 0 Å². The summed E-state index contributed by atoms with van der Waals surface area (Å²) in [6, 6.07) is 9.48. The number of nitrogens with one attached hydrogen (secondary N) is 1. The molecule has 24 heavy (non-hydrogen) atoms. The second-order valence-corrected chi connectivity index (χ2v) is 4.68. The van der Waals surface area contributed by atoms with Crippen molar-refractivity contribution in [2.45, 2.75) is 0 Å². The second-order valence-electron chi connectivity index (χ2n) is 4.68. The third-order valence-electron chi connectivity index (χ3n) is 3.26. The minimum atomic E-state index is -1.22. The summed E-state index contributed by atoms with van der Waals surface area (Å²) in [7, 11) is 4.63. The van der Waals surface area contributed by atoms with E-state index in [9.17, 15) is 9.90 Å². The lowest BCUT2D eigenvalue weighted by molar-refractivity contribution is -0.255. The zero-order valence-electron chi connectivity index (χ0n) is 13.5. The number of hydrogen-bond acceptors (Lipinski definition) is 7. The molecule has 0 unspecified atom stereocenters. The molecule has 7 nitrogen and oxygen atoms in total. The Hall–Kier alpha value is -3.22. The van der Waals surface area contributed by atoms with Crippen molar-refractivity contribution in [3.8, 4) is 17.2 Å². The Morgan fingerprint density at radius 2 is 1.62 bits per heavy atom. The first-order valence-electron chi connectivity index (χ1n) is 6.99. The number of benzene rings is 2. The highest BCUT2D eigenvalue weighted by Crippen LogP contribution is 2.32. The standard InChI is InChI=1S/C17H18N2O5/c1-22-13-8-15(23-2)14(16(9-13)24-3)10-18-19-12-6-4-11(5-7-12)17(20)21/h4-10,19H,1-3H3,(H,20,21)/p-1/b18-10-. The number of methoxy groups -OCH3 is 3. The molecule has 0 aromatic heterocycles. The van der Waals surface area contributed by atoms with Gasteiger partial charge >= 0.3 is 0 Å². The Morgan fingerprint density at radius 3 is 2.08 bits per heavy atom. The van der Waals surface area contributed by atoms with Crippen LogP contribution < -0.4 is 24.7 Å². The van der Waals surface area contributed by atoms with E-state index in [0.717, 1.165) is 0 Å². The van der Waals surface area contributed by atoms with Crippen LogP contribution in [0.15, 0.2) is 41.5 Å². The molecule has 0 fully saturated rings. The van der Waals surface area contributed by atoms with Crippen LogP contribution in [0.5, 0.6) is 17.2 Å². The van der Waals surface area contributed by atoms with Crippen LogP contribution in [0.4, 0.5) is 5.69 Å². The third kappa shape index (κ3) is 3.95. The molecule has 0 aliphatic heterocycles. The largest absolute Gasteiger partial charge is 0.545 e. The summed E-state index contributed by atoms with van der Waals surface area (Å²) in [6.07, 6.45) is 1.55. The summed E-state index contributed by atoms with van der Waals surface area (Å²) in [5, 5.41) is 14.8. The molecule has 0 heterocycles. The topological polar surface area (TPSA) is 92.2 Å². The maximum atomic E-state index is 10.7. The van der Waals surface area contributed by atoms with Crippen molar-refractivity contribution in [3.63, 3.8) is 0 Å². The maximum absolute atomic E-state index is 10.7. The minimum absolute atomic E-state index is 0.100. The SMILES string of the molecule is COc1cc(OC)c(/C=N\Nc2ccc(C(=O)[O-])cc2)c(OC)c1. The molecule has 0 aliphatic rings. The smallest absolute Gasteiger partial charge is 0.135 e. The van der Waals surface area contributed by atoms with Gasteiger partial charge in [-0.05, 0) is 17.7 Å². The van der Waals surface area contributed by atoms with Crippen molar-refractivity contribution in [3.05, 3.63) is 47.5 Å². The fraction of sp³-hybridized carbons (Fsp3) is 0.176. The van der Waals surface area contributed by atoms with Crippen LogP contribution in [-0.2, 0) is 0 Å². The first kappa shape index (κ1) is 17.1. The lowest BCUT2D eigenvalue weighted by Gasteiger charge is -2.12. The Morgan fingerprint density at radius 1 is 1.04 bits per heavy atom. The highest BCUT2D eigenvalue weighted by Gasteiger charge is 2.11. The molecule has 126 valence electrons. The first-order valence-corrected chi connectivity index (χ1v) is 6.99. The Kier molecular flexibility index (Phi) is 5.62. The van der Waals surface area contributed by atoms with Crippen LogP contribution in [0.2, 0.25) is 0 Å². The van der Waals surface area contributed by atoms with Gasteiger partial charge in [0.05, 0.1) is 44.8 Å². The van der Waals surface area contributed by atoms with Crippen LogP contribution in [0.3, 0.4) is 0 Å². The molecule has 0 amide bonds. The summed E-state index contributed by atoms with van der Waals surface area (Å²) < 4.78 is 15.8. The molecule has 2 aromatic rings. The predicted octanol–water partition coefficient (Wildman–Crippen LogP) is 1.52. The number of anilines is 1. The number of carboxylic acids is 1. The van der Waals surface area contributed by atoms with E-state index in [0.29, 0.717) is 28.5 Å².